The predicted molar refractivity (Wildman–Crippen MR) is 130 cm³/mol. The van der Waals surface area contributed by atoms with Crippen molar-refractivity contribution in [3.63, 3.8) is 0 Å². The highest BCUT2D eigenvalue weighted by atomic mass is 35.5. The first-order chi connectivity index (χ1) is 15.3. The first-order valence-electron chi connectivity index (χ1n) is 10.6. The van der Waals surface area contributed by atoms with Crippen LogP contribution in [0.1, 0.15) is 27.8 Å². The van der Waals surface area contributed by atoms with E-state index in [1.807, 2.05) is 81.4 Å². The highest BCUT2D eigenvalue weighted by Gasteiger charge is 2.39. The number of rotatable bonds is 6. The Hall–Kier alpha value is -3.37. The van der Waals surface area contributed by atoms with Crippen LogP contribution in [-0.2, 0) is 16.0 Å². The van der Waals surface area contributed by atoms with E-state index in [2.05, 4.69) is 5.32 Å². The summed E-state index contributed by atoms with van der Waals surface area (Å²) in [5, 5.41) is 3.79. The first-order valence-corrected chi connectivity index (χ1v) is 11.0. The van der Waals surface area contributed by atoms with Crippen LogP contribution < -0.4 is 5.32 Å². The fraction of sp³-hybridized carbons (Fsp3) is 0.185. The maximum atomic E-state index is 13.5. The molecule has 0 unspecified atom stereocenters. The van der Waals surface area contributed by atoms with Crippen LogP contribution in [0, 0.1) is 20.8 Å². The molecule has 1 heterocycles. The summed E-state index contributed by atoms with van der Waals surface area (Å²) < 4.78 is 0. The summed E-state index contributed by atoms with van der Waals surface area (Å²) in [5.74, 6) is -0.601. The Morgan fingerprint density at radius 3 is 2.28 bits per heavy atom. The number of carbonyl (C=O) groups excluding carboxylic acids is 2. The van der Waals surface area contributed by atoms with Crippen molar-refractivity contribution in [2.24, 2.45) is 0 Å². The summed E-state index contributed by atoms with van der Waals surface area (Å²) in [5.41, 5.74) is 6.19. The molecule has 5 heteroatoms. The van der Waals surface area contributed by atoms with Gasteiger partial charge < -0.3 is 5.32 Å². The van der Waals surface area contributed by atoms with Crippen LogP contribution in [0.25, 0.3) is 5.57 Å². The molecule has 1 aliphatic heterocycles. The smallest absolute Gasteiger partial charge is 0.278 e. The molecule has 2 amide bonds. The molecule has 0 fully saturated rings. The minimum Gasteiger partial charge on any atom is -0.350 e. The van der Waals surface area contributed by atoms with Crippen LogP contribution in [0.4, 0.5) is 5.69 Å². The summed E-state index contributed by atoms with van der Waals surface area (Å²) in [6.07, 6.45) is 0.599. The van der Waals surface area contributed by atoms with Crippen molar-refractivity contribution in [1.29, 1.82) is 0 Å². The summed E-state index contributed by atoms with van der Waals surface area (Å²) in [7, 11) is 0. The van der Waals surface area contributed by atoms with Crippen LogP contribution in [0.3, 0.4) is 0 Å². The molecule has 32 heavy (non-hydrogen) atoms. The van der Waals surface area contributed by atoms with Crippen molar-refractivity contribution in [3.8, 4) is 0 Å². The molecule has 0 radical (unpaired) electrons. The fourth-order valence-corrected chi connectivity index (χ4v) is 4.12. The lowest BCUT2D eigenvalue weighted by Crippen LogP contribution is -2.34. The van der Waals surface area contributed by atoms with Gasteiger partial charge in [0, 0.05) is 17.3 Å². The lowest BCUT2D eigenvalue weighted by Gasteiger charge is -2.15. The van der Waals surface area contributed by atoms with Crippen molar-refractivity contribution in [2.45, 2.75) is 27.2 Å². The normalized spacial score (nSPS) is 13.8. The van der Waals surface area contributed by atoms with E-state index in [1.165, 1.54) is 4.90 Å². The second-order valence-electron chi connectivity index (χ2n) is 8.15. The van der Waals surface area contributed by atoms with Gasteiger partial charge in [0.25, 0.3) is 11.8 Å². The second-order valence-corrected chi connectivity index (χ2v) is 8.56. The highest BCUT2D eigenvalue weighted by molar-refractivity contribution is 6.37. The number of amides is 2. The van der Waals surface area contributed by atoms with E-state index in [0.717, 1.165) is 27.8 Å². The maximum absolute atomic E-state index is 13.5. The summed E-state index contributed by atoms with van der Waals surface area (Å²) in [6, 6.07) is 21.3. The van der Waals surface area contributed by atoms with Gasteiger partial charge in [-0.3, -0.25) is 14.5 Å². The third-order valence-electron chi connectivity index (χ3n) is 5.73. The lowest BCUT2D eigenvalue weighted by molar-refractivity contribution is -0.136. The van der Waals surface area contributed by atoms with Crippen LogP contribution in [-0.4, -0.2) is 23.3 Å². The molecular weight excluding hydrogens is 420 g/mol. The molecule has 1 aliphatic rings. The van der Waals surface area contributed by atoms with E-state index in [9.17, 15) is 9.59 Å². The zero-order valence-corrected chi connectivity index (χ0v) is 19.2. The van der Waals surface area contributed by atoms with E-state index in [1.54, 1.807) is 6.07 Å². The molecule has 1 N–H and O–H groups in total. The Balaban J connectivity index is 1.72. The van der Waals surface area contributed by atoms with Crippen molar-refractivity contribution in [2.75, 3.05) is 11.9 Å². The number of halogens is 1. The largest absolute Gasteiger partial charge is 0.350 e. The van der Waals surface area contributed by atoms with E-state index in [4.69, 9.17) is 11.6 Å². The van der Waals surface area contributed by atoms with E-state index in [-0.39, 0.29) is 17.5 Å². The Kier molecular flexibility index (Phi) is 6.15. The Labute approximate surface area is 193 Å². The average Bonchev–Trinajstić information content (AvgIpc) is 2.99. The average molecular weight is 445 g/mol. The number of carbonyl (C=O) groups is 2. The molecule has 0 aromatic heterocycles. The second kappa shape index (κ2) is 9.01. The van der Waals surface area contributed by atoms with Gasteiger partial charge in [0.1, 0.15) is 5.70 Å². The zero-order valence-electron chi connectivity index (χ0n) is 18.4. The molecule has 162 valence electrons. The number of nitrogens with one attached hydrogen (secondary N) is 1. The molecule has 3 aromatic rings. The molecule has 4 nitrogen and oxygen atoms in total. The molecule has 3 aromatic carbocycles. The fourth-order valence-electron chi connectivity index (χ4n) is 3.94. The monoisotopic (exact) mass is 444 g/mol. The van der Waals surface area contributed by atoms with Gasteiger partial charge in [-0.05, 0) is 61.6 Å². The van der Waals surface area contributed by atoms with Gasteiger partial charge in [0.2, 0.25) is 0 Å². The number of aryl methyl sites for hydroxylation is 3. The Bertz CT molecular complexity index is 1230. The van der Waals surface area contributed by atoms with E-state index < -0.39 is 0 Å². The number of hydrogen-bond acceptors (Lipinski definition) is 3. The zero-order chi connectivity index (χ0) is 22.8. The summed E-state index contributed by atoms with van der Waals surface area (Å²) in [6.45, 7) is 6.20. The number of benzene rings is 3. The maximum Gasteiger partial charge on any atom is 0.278 e. The van der Waals surface area contributed by atoms with Crippen LogP contribution in [0.5, 0.6) is 0 Å². The van der Waals surface area contributed by atoms with Crippen LogP contribution >= 0.6 is 11.6 Å². The van der Waals surface area contributed by atoms with Crippen LogP contribution in [0.15, 0.2) is 72.4 Å². The quantitative estimate of drug-likeness (QED) is 0.496. The highest BCUT2D eigenvalue weighted by Crippen LogP contribution is 2.33. The minimum atomic E-state index is -0.322. The third-order valence-corrected chi connectivity index (χ3v) is 6.13. The summed E-state index contributed by atoms with van der Waals surface area (Å²) in [4.78, 5) is 28.2. The van der Waals surface area contributed by atoms with Gasteiger partial charge in [-0.1, -0.05) is 71.8 Å². The molecule has 0 aliphatic carbocycles. The van der Waals surface area contributed by atoms with Gasteiger partial charge in [-0.25, -0.2) is 0 Å². The van der Waals surface area contributed by atoms with Crippen molar-refractivity contribution < 1.29 is 9.59 Å². The van der Waals surface area contributed by atoms with Crippen molar-refractivity contribution in [1.82, 2.24) is 4.90 Å². The van der Waals surface area contributed by atoms with Gasteiger partial charge in [-0.2, -0.15) is 0 Å². The van der Waals surface area contributed by atoms with Gasteiger partial charge in [0.05, 0.1) is 5.57 Å². The SMILES string of the molecule is Cc1ccc(C2=C(Nc3ccc(C)c(Cl)c3)C(=O)N(CCc3ccccc3)C2=O)c(C)c1. The molecule has 0 spiro atoms. The molecule has 0 saturated carbocycles. The molecule has 0 bridgehead atoms. The number of anilines is 1. The van der Waals surface area contributed by atoms with E-state index in [0.29, 0.717) is 29.2 Å². The first kappa shape index (κ1) is 21.8. The standard InChI is InChI=1S/C27H25ClN2O2/c1-17-9-12-22(19(3)15-17)24-25(29-21-11-10-18(2)23(28)16-21)27(32)30(26(24)31)14-13-20-7-5-4-6-8-20/h4-12,15-16,29H,13-14H2,1-3H3. The lowest BCUT2D eigenvalue weighted by atomic mass is 9.97. The minimum absolute atomic E-state index is 0.279. The Morgan fingerprint density at radius 1 is 0.844 bits per heavy atom. The molecular formula is C27H25ClN2O2. The van der Waals surface area contributed by atoms with Gasteiger partial charge in [-0.15, -0.1) is 0 Å². The number of hydrogen-bond donors (Lipinski definition) is 1. The summed E-state index contributed by atoms with van der Waals surface area (Å²) >= 11 is 6.29. The Morgan fingerprint density at radius 2 is 1.59 bits per heavy atom. The number of nitrogens with zero attached hydrogens (tertiary/aromatic N) is 1. The number of imide groups is 1. The molecule has 0 saturated heterocycles. The molecule has 0 atom stereocenters. The molecule has 4 rings (SSSR count). The topological polar surface area (TPSA) is 49.4 Å². The van der Waals surface area contributed by atoms with E-state index >= 15 is 0 Å². The van der Waals surface area contributed by atoms with Crippen molar-refractivity contribution >= 4 is 34.7 Å². The third kappa shape index (κ3) is 4.32. The van der Waals surface area contributed by atoms with Gasteiger partial charge in [0.15, 0.2) is 0 Å². The van der Waals surface area contributed by atoms with Gasteiger partial charge >= 0.3 is 0 Å². The van der Waals surface area contributed by atoms with Crippen molar-refractivity contribution in [3.05, 3.63) is 105 Å². The predicted octanol–water partition coefficient (Wildman–Crippen LogP) is 5.70. The van der Waals surface area contributed by atoms with Crippen LogP contribution in [0.2, 0.25) is 5.02 Å².